The lowest BCUT2D eigenvalue weighted by atomic mass is 9.82. The van der Waals surface area contributed by atoms with Crippen molar-refractivity contribution >= 4 is 37.3 Å². The van der Waals surface area contributed by atoms with E-state index in [1.54, 1.807) is 39.8 Å². The molecule has 0 saturated carbocycles. The highest BCUT2D eigenvalue weighted by molar-refractivity contribution is 6.72. The first-order chi connectivity index (χ1) is 24.9. The van der Waals surface area contributed by atoms with Crippen molar-refractivity contribution in [1.29, 1.82) is 0 Å². The van der Waals surface area contributed by atoms with Gasteiger partial charge in [-0.3, -0.25) is 24.4 Å². The number of nitro benzene ring substituents is 1. The van der Waals surface area contributed by atoms with Gasteiger partial charge in [-0.05, 0) is 61.7 Å². The molecule has 7 rings (SSSR count). The number of carbonyl (C=O) groups excluding carboxylic acids is 2. The lowest BCUT2D eigenvalue weighted by Gasteiger charge is -2.31. The molecule has 14 heteroatoms. The molecule has 272 valence electrons. The van der Waals surface area contributed by atoms with E-state index in [0.717, 1.165) is 29.7 Å². The molecule has 4 heterocycles. The first-order valence-electron chi connectivity index (χ1n) is 17.8. The van der Waals surface area contributed by atoms with Crippen molar-refractivity contribution in [3.05, 3.63) is 111 Å². The van der Waals surface area contributed by atoms with Crippen LogP contribution in [0.15, 0.2) is 79.0 Å². The summed E-state index contributed by atoms with van der Waals surface area (Å²) >= 11 is 0. The molecule has 12 nitrogen and oxygen atoms in total. The van der Waals surface area contributed by atoms with Crippen molar-refractivity contribution in [1.82, 2.24) is 15.0 Å². The predicted octanol–water partition coefficient (Wildman–Crippen LogP) is 6.24. The van der Waals surface area contributed by atoms with Crippen LogP contribution in [0.1, 0.15) is 60.9 Å². The topological polar surface area (TPSA) is 144 Å². The molecule has 2 fully saturated rings. The fraction of sp³-hybridized carbons (Fsp3) is 0.421. The number of hydrogen-bond donors (Lipinski definition) is 1. The van der Waals surface area contributed by atoms with Crippen LogP contribution >= 0.6 is 0 Å². The van der Waals surface area contributed by atoms with Crippen molar-refractivity contribution in [2.45, 2.75) is 82.0 Å². The number of benzene rings is 3. The Kier molecular flexibility index (Phi) is 9.57. The van der Waals surface area contributed by atoms with Gasteiger partial charge in [-0.25, -0.2) is 0 Å². The number of aliphatic hydroxyl groups is 1. The first kappa shape index (κ1) is 35.6. The molecular weight excluding hydrogens is 684 g/mol. The number of amides is 2. The van der Waals surface area contributed by atoms with Crippen molar-refractivity contribution in [2.24, 2.45) is 5.92 Å². The minimum Gasteiger partial charge on any atom is -0.395 e. The normalized spacial score (nSPS) is 23.8. The highest BCUT2D eigenvalue weighted by Gasteiger charge is 2.67. The maximum absolute atomic E-state index is 16.4. The third-order valence-corrected chi connectivity index (χ3v) is 13.4. The largest absolute Gasteiger partial charge is 0.395 e. The molecule has 0 bridgehead atoms. The summed E-state index contributed by atoms with van der Waals surface area (Å²) in [6.07, 6.45) is 3.65. The standard InChI is InChI=1S/C38H43FN6O6Si/c1-25-36(52(2,3)39)34(17-19-42-23-32(40-41-42)30(24-46)27-11-5-4-6-12-27)51-38(25)31-21-29(45(49)50)15-16-33(31)44(37(38)48)22-26-10-9-13-28(20-26)43-18-8-7-14-35(43)47/h4-6,9-13,15-16,20-21,23,25,30,34,36,46H,7-8,14,17-19,22,24H2,1-3H3/t25-,30?,34+,36-,38+/m1/s1. The summed E-state index contributed by atoms with van der Waals surface area (Å²) in [5, 5.41) is 30.8. The average Bonchev–Trinajstić information content (AvgIpc) is 3.78. The third-order valence-electron chi connectivity index (χ3n) is 11.0. The second-order valence-corrected chi connectivity index (χ2v) is 18.4. The fourth-order valence-electron chi connectivity index (χ4n) is 8.56. The molecule has 3 aliphatic rings. The van der Waals surface area contributed by atoms with E-state index in [1.807, 2.05) is 61.5 Å². The van der Waals surface area contributed by atoms with Gasteiger partial charge < -0.3 is 23.8 Å². The summed E-state index contributed by atoms with van der Waals surface area (Å²) in [4.78, 5) is 42.4. The van der Waals surface area contributed by atoms with Crippen molar-refractivity contribution < 1.29 is 28.5 Å². The molecular formula is C38H43FN6O6Si. The molecule has 4 aromatic rings. The van der Waals surface area contributed by atoms with Gasteiger partial charge >= 0.3 is 0 Å². The number of aromatic nitrogens is 3. The summed E-state index contributed by atoms with van der Waals surface area (Å²) in [6.45, 7) is 5.98. The average molecular weight is 727 g/mol. The van der Waals surface area contributed by atoms with E-state index >= 15 is 4.11 Å². The molecule has 3 aliphatic heterocycles. The molecule has 1 spiro atoms. The van der Waals surface area contributed by atoms with Gasteiger partial charge in [0.25, 0.3) is 11.6 Å². The Morgan fingerprint density at radius 2 is 1.88 bits per heavy atom. The Balaban J connectivity index is 1.20. The Morgan fingerprint density at radius 1 is 1.10 bits per heavy atom. The van der Waals surface area contributed by atoms with Gasteiger partial charge in [-0.2, -0.15) is 0 Å². The van der Waals surface area contributed by atoms with Gasteiger partial charge in [0, 0.05) is 60.5 Å². The van der Waals surface area contributed by atoms with Crippen molar-refractivity contribution in [3.8, 4) is 0 Å². The van der Waals surface area contributed by atoms with E-state index in [2.05, 4.69) is 10.3 Å². The molecule has 2 saturated heterocycles. The lowest BCUT2D eigenvalue weighted by Crippen LogP contribution is -2.45. The highest BCUT2D eigenvalue weighted by atomic mass is 28.4. The number of fused-ring (bicyclic) bond motifs is 2. The maximum Gasteiger partial charge on any atom is 0.269 e. The monoisotopic (exact) mass is 726 g/mol. The zero-order valence-electron chi connectivity index (χ0n) is 29.5. The number of nitrogens with zero attached hydrogens (tertiary/aromatic N) is 6. The SMILES string of the molecule is C[C@@H]1[C@@H]([Si](C)(C)F)[C@H](CCn2cc(C(CO)c3ccccc3)nn2)O[C@@]12C(=O)N(Cc1cccc(N3CCCCC3=O)c1)c1ccc([N+](=O)[O-])cc12. The van der Waals surface area contributed by atoms with E-state index in [0.29, 0.717) is 42.9 Å². The van der Waals surface area contributed by atoms with Gasteiger partial charge in [0.2, 0.25) is 14.3 Å². The molecule has 3 aromatic carbocycles. The van der Waals surface area contributed by atoms with Gasteiger partial charge in [-0.1, -0.05) is 54.6 Å². The first-order valence-corrected chi connectivity index (χ1v) is 20.8. The molecule has 5 atom stereocenters. The maximum atomic E-state index is 16.4. The summed E-state index contributed by atoms with van der Waals surface area (Å²) in [6, 6.07) is 21.4. The molecule has 52 heavy (non-hydrogen) atoms. The lowest BCUT2D eigenvalue weighted by molar-refractivity contribution is -0.385. The Morgan fingerprint density at radius 3 is 2.60 bits per heavy atom. The summed E-state index contributed by atoms with van der Waals surface area (Å²) in [7, 11) is -3.51. The number of hydrogen-bond acceptors (Lipinski definition) is 8. The summed E-state index contributed by atoms with van der Waals surface area (Å²) in [5.41, 5.74) is 1.45. The second-order valence-electron chi connectivity index (χ2n) is 14.6. The minimum absolute atomic E-state index is 0.0621. The molecule has 0 radical (unpaired) electrons. The van der Waals surface area contributed by atoms with E-state index in [4.69, 9.17) is 4.74 Å². The second kappa shape index (κ2) is 14.0. The summed E-state index contributed by atoms with van der Waals surface area (Å²) in [5.74, 6) is -1.33. The van der Waals surface area contributed by atoms with Crippen LogP contribution in [-0.2, 0) is 33.0 Å². The number of ether oxygens (including phenoxy) is 1. The van der Waals surface area contributed by atoms with E-state index in [-0.39, 0.29) is 30.7 Å². The fourth-order valence-corrected chi connectivity index (χ4v) is 11.1. The zero-order chi connectivity index (χ0) is 36.8. The van der Waals surface area contributed by atoms with Crippen LogP contribution < -0.4 is 9.80 Å². The van der Waals surface area contributed by atoms with E-state index in [9.17, 15) is 24.8 Å². The quantitative estimate of drug-likeness (QED) is 0.0829. The molecule has 1 unspecified atom stereocenters. The number of aliphatic hydroxyl groups excluding tert-OH is 1. The molecule has 1 N–H and O–H groups in total. The number of carbonyl (C=O) groups is 2. The molecule has 2 amide bonds. The number of anilines is 2. The van der Waals surface area contributed by atoms with Crippen LogP contribution in [0, 0.1) is 16.0 Å². The van der Waals surface area contributed by atoms with E-state index < -0.39 is 42.4 Å². The summed E-state index contributed by atoms with van der Waals surface area (Å²) < 4.78 is 24.9. The number of nitro groups is 1. The minimum atomic E-state index is -3.51. The van der Waals surface area contributed by atoms with Crippen LogP contribution in [0.4, 0.5) is 21.2 Å². The Labute approximate surface area is 302 Å². The predicted molar refractivity (Wildman–Crippen MR) is 195 cm³/mol. The van der Waals surface area contributed by atoms with Gasteiger partial charge in [0.15, 0.2) is 5.60 Å². The smallest absolute Gasteiger partial charge is 0.269 e. The van der Waals surface area contributed by atoms with Crippen LogP contribution in [0.25, 0.3) is 0 Å². The van der Waals surface area contributed by atoms with Crippen molar-refractivity contribution in [2.75, 3.05) is 23.0 Å². The van der Waals surface area contributed by atoms with Gasteiger partial charge in [-0.15, -0.1) is 5.10 Å². The van der Waals surface area contributed by atoms with Crippen molar-refractivity contribution in [3.63, 3.8) is 0 Å². The van der Waals surface area contributed by atoms with Crippen LogP contribution in [0.2, 0.25) is 18.6 Å². The Bertz CT molecular complexity index is 1990. The number of non-ortho nitro benzene ring substituents is 1. The van der Waals surface area contributed by atoms with Gasteiger partial charge in [0.05, 0.1) is 41.5 Å². The number of piperidine rings is 1. The number of aryl methyl sites for hydroxylation is 1. The molecule has 0 aliphatic carbocycles. The third kappa shape index (κ3) is 6.32. The molecule has 1 aromatic heterocycles. The van der Waals surface area contributed by atoms with Crippen LogP contribution in [-0.4, -0.2) is 64.5 Å². The Hall–Kier alpha value is -4.79. The van der Waals surface area contributed by atoms with Crippen LogP contribution in [0.3, 0.4) is 0 Å². The van der Waals surface area contributed by atoms with E-state index in [1.165, 1.54) is 12.1 Å². The van der Waals surface area contributed by atoms with Gasteiger partial charge in [0.1, 0.15) is 0 Å². The van der Waals surface area contributed by atoms with Crippen LogP contribution in [0.5, 0.6) is 0 Å². The number of rotatable bonds is 11. The number of halogens is 1. The zero-order valence-corrected chi connectivity index (χ0v) is 30.5. The highest BCUT2D eigenvalue weighted by Crippen LogP contribution is 2.60.